The number of halogens is 3. The van der Waals surface area contributed by atoms with Crippen LogP contribution in [0.1, 0.15) is 32.0 Å². The van der Waals surface area contributed by atoms with Crippen molar-refractivity contribution in [1.82, 2.24) is 19.1 Å². The van der Waals surface area contributed by atoms with Crippen LogP contribution < -0.4 is 19.7 Å². The lowest BCUT2D eigenvalue weighted by Gasteiger charge is -2.53. The zero-order valence-corrected chi connectivity index (χ0v) is 19.7. The first-order valence-corrected chi connectivity index (χ1v) is 11.9. The van der Waals surface area contributed by atoms with Crippen molar-refractivity contribution in [2.45, 2.75) is 45.6 Å². The number of aromatic nitrogens is 4. The molecule has 2 unspecified atom stereocenters. The smallest absolute Gasteiger partial charge is 0.424 e. The van der Waals surface area contributed by atoms with Crippen molar-refractivity contribution in [2.24, 2.45) is 11.8 Å². The van der Waals surface area contributed by atoms with Gasteiger partial charge in [-0.25, -0.2) is 4.68 Å². The summed E-state index contributed by atoms with van der Waals surface area (Å²) >= 11 is 1.54. The van der Waals surface area contributed by atoms with Gasteiger partial charge in [0.25, 0.3) is 0 Å². The van der Waals surface area contributed by atoms with Crippen LogP contribution in [0.25, 0.3) is 0 Å². The predicted molar refractivity (Wildman–Crippen MR) is 122 cm³/mol. The zero-order chi connectivity index (χ0) is 24.0. The molecule has 0 spiro atoms. The van der Waals surface area contributed by atoms with Gasteiger partial charge in [-0.3, -0.25) is 0 Å². The molecule has 0 amide bonds. The number of fused-ring (bicyclic) bond motifs is 2. The highest BCUT2D eigenvalue weighted by molar-refractivity contribution is 7.10. The van der Waals surface area contributed by atoms with E-state index in [0.29, 0.717) is 29.6 Å². The molecule has 6 rings (SSSR count). The lowest BCUT2D eigenvalue weighted by molar-refractivity contribution is -0.274. The fourth-order valence-electron chi connectivity index (χ4n) is 4.54. The third-order valence-electron chi connectivity index (χ3n) is 6.11. The lowest BCUT2D eigenvalue weighted by Crippen LogP contribution is -2.61. The molecule has 3 fully saturated rings. The average molecular weight is 495 g/mol. The van der Waals surface area contributed by atoms with Gasteiger partial charge in [-0.2, -0.15) is 9.36 Å². The number of nitrogens with zero attached hydrogens (tertiary/aromatic N) is 5. The first kappa shape index (κ1) is 22.8. The van der Waals surface area contributed by atoms with E-state index < -0.39 is 6.36 Å². The van der Waals surface area contributed by atoms with Crippen molar-refractivity contribution in [1.29, 1.82) is 0 Å². The van der Waals surface area contributed by atoms with E-state index in [2.05, 4.69) is 35.5 Å². The van der Waals surface area contributed by atoms with Crippen molar-refractivity contribution in [3.05, 3.63) is 36.0 Å². The number of rotatable bonds is 7. The van der Waals surface area contributed by atoms with Crippen molar-refractivity contribution < 1.29 is 22.6 Å². The maximum Gasteiger partial charge on any atom is 0.573 e. The molecule has 2 saturated heterocycles. The molecule has 3 aromatic rings. The fraction of sp³-hybridized carbons (Fsp3) is 0.500. The first-order chi connectivity index (χ1) is 16.1. The van der Waals surface area contributed by atoms with Gasteiger partial charge in [0.15, 0.2) is 0 Å². The van der Waals surface area contributed by atoms with Crippen LogP contribution in [-0.4, -0.2) is 44.6 Å². The third-order valence-corrected chi connectivity index (χ3v) is 7.05. The van der Waals surface area contributed by atoms with Gasteiger partial charge in [-0.1, -0.05) is 0 Å². The van der Waals surface area contributed by atoms with Gasteiger partial charge in [-0.05, 0) is 80.9 Å². The summed E-state index contributed by atoms with van der Waals surface area (Å²) in [6.45, 7) is 7.86. The number of anilines is 2. The molecule has 4 heterocycles. The highest BCUT2D eigenvalue weighted by Gasteiger charge is 2.47. The number of piperidine rings is 2. The zero-order valence-electron chi connectivity index (χ0n) is 18.9. The second kappa shape index (κ2) is 8.64. The van der Waals surface area contributed by atoms with Crippen LogP contribution in [0, 0.1) is 18.8 Å². The summed E-state index contributed by atoms with van der Waals surface area (Å²) in [6.07, 6.45) is -3.57. The molecule has 1 N–H and O–H groups in total. The van der Waals surface area contributed by atoms with Crippen LogP contribution in [0.4, 0.5) is 24.1 Å². The number of aryl methyl sites for hydroxylation is 1. The van der Waals surface area contributed by atoms with Gasteiger partial charge in [-0.15, -0.1) is 18.3 Å². The Labute approximate surface area is 198 Å². The topological polar surface area (TPSA) is 77.3 Å². The minimum absolute atomic E-state index is 0.0168. The van der Waals surface area contributed by atoms with E-state index in [1.165, 1.54) is 35.7 Å². The molecule has 12 heteroatoms. The van der Waals surface area contributed by atoms with Gasteiger partial charge in [0.2, 0.25) is 5.95 Å². The molecular weight excluding hydrogens is 469 g/mol. The number of alkyl halides is 3. The van der Waals surface area contributed by atoms with E-state index in [0.717, 1.165) is 18.8 Å². The van der Waals surface area contributed by atoms with Crippen molar-refractivity contribution in [3.63, 3.8) is 0 Å². The summed E-state index contributed by atoms with van der Waals surface area (Å²) in [4.78, 5) is 6.93. The van der Waals surface area contributed by atoms with Crippen LogP contribution in [0.5, 0.6) is 17.5 Å². The molecule has 3 aliphatic rings. The summed E-state index contributed by atoms with van der Waals surface area (Å²) in [5.41, 5.74) is 1.05. The molecule has 0 radical (unpaired) electrons. The Morgan fingerprint density at radius 2 is 1.79 bits per heavy atom. The molecule has 1 aliphatic carbocycles. The van der Waals surface area contributed by atoms with Crippen LogP contribution >= 0.6 is 11.5 Å². The Bertz CT molecular complexity index is 1130. The summed E-state index contributed by atoms with van der Waals surface area (Å²) in [6, 6.07) is 7.88. The highest BCUT2D eigenvalue weighted by atomic mass is 32.1. The lowest BCUT2D eigenvalue weighted by atomic mass is 9.66. The van der Waals surface area contributed by atoms with Crippen molar-refractivity contribution in [2.75, 3.05) is 23.3 Å². The minimum atomic E-state index is -4.74. The molecule has 1 aromatic carbocycles. The molecule has 34 heavy (non-hydrogen) atoms. The summed E-state index contributed by atoms with van der Waals surface area (Å²) in [7, 11) is 0. The van der Waals surface area contributed by atoms with Gasteiger partial charge in [0, 0.05) is 19.1 Å². The highest BCUT2D eigenvalue weighted by Crippen LogP contribution is 2.44. The van der Waals surface area contributed by atoms with E-state index in [1.54, 1.807) is 16.2 Å². The van der Waals surface area contributed by atoms with Crippen LogP contribution in [-0.2, 0) is 0 Å². The van der Waals surface area contributed by atoms with Gasteiger partial charge in [0.05, 0.1) is 11.7 Å². The van der Waals surface area contributed by atoms with Gasteiger partial charge < -0.3 is 19.7 Å². The van der Waals surface area contributed by atoms with Crippen molar-refractivity contribution >= 4 is 22.5 Å². The quantitative estimate of drug-likeness (QED) is 0.481. The number of hydrogen-bond donors (Lipinski definition) is 1. The predicted octanol–water partition coefficient (Wildman–Crippen LogP) is 5.25. The van der Waals surface area contributed by atoms with Crippen LogP contribution in [0.2, 0.25) is 0 Å². The molecular formula is C22H25F3N6O2S. The number of ether oxygens (including phenoxy) is 2. The Morgan fingerprint density at radius 3 is 2.38 bits per heavy atom. The maximum atomic E-state index is 12.4. The van der Waals surface area contributed by atoms with E-state index in [-0.39, 0.29) is 17.8 Å². The van der Waals surface area contributed by atoms with E-state index >= 15 is 0 Å². The Morgan fingerprint density at radius 1 is 1.12 bits per heavy atom. The second-order valence-electron chi connectivity index (χ2n) is 9.02. The van der Waals surface area contributed by atoms with Crippen LogP contribution in [0.15, 0.2) is 30.3 Å². The van der Waals surface area contributed by atoms with Gasteiger partial charge in [0.1, 0.15) is 16.5 Å². The maximum absolute atomic E-state index is 12.4. The minimum Gasteiger partial charge on any atom is -0.424 e. The molecule has 2 bridgehead atoms. The molecule has 1 saturated carbocycles. The summed E-state index contributed by atoms with van der Waals surface area (Å²) < 4.78 is 52.9. The van der Waals surface area contributed by atoms with E-state index in [4.69, 9.17) is 4.74 Å². The second-order valence-corrected chi connectivity index (χ2v) is 9.80. The van der Waals surface area contributed by atoms with E-state index in [1.807, 2.05) is 20.8 Å². The van der Waals surface area contributed by atoms with E-state index in [9.17, 15) is 13.2 Å². The van der Waals surface area contributed by atoms with Crippen molar-refractivity contribution in [3.8, 4) is 17.5 Å². The Hall–Kier alpha value is -3.02. The third kappa shape index (κ3) is 4.77. The number of benzene rings is 1. The summed E-state index contributed by atoms with van der Waals surface area (Å²) in [5.74, 6) is 1.51. The van der Waals surface area contributed by atoms with Crippen LogP contribution in [0.3, 0.4) is 0 Å². The molecule has 2 aromatic heterocycles. The monoisotopic (exact) mass is 494 g/mol. The molecule has 8 nitrogen and oxygen atoms in total. The SMILES string of the molecule is Cc1cc(N2CC3C[C@@H](C2)C3Nc2nc(Oc3ccc(OC(F)(F)F)cc3)n(C(C)C)n2)sn1. The normalized spacial score (nSPS) is 22.0. The molecule has 182 valence electrons. The fourth-order valence-corrected chi connectivity index (χ4v) is 5.32. The molecule has 2 aliphatic heterocycles. The average Bonchev–Trinajstić information content (AvgIpc) is 3.39. The largest absolute Gasteiger partial charge is 0.573 e. The Kier molecular flexibility index (Phi) is 5.78. The summed E-state index contributed by atoms with van der Waals surface area (Å²) in [5, 5.41) is 9.28. The number of hydrogen-bond acceptors (Lipinski definition) is 8. The standard InChI is InChI=1S/C22H25F3N6O2S/c1-12(2)31-21(32-16-4-6-17(7-5-16)33-22(23,24)25)27-20(28-31)26-19-14-9-15(19)11-30(10-14)18-8-13(3)29-34-18/h4-8,12,14-15,19H,9-11H2,1-3H3,(H,26,28)/t14-,15?,19?/m0/s1. The van der Waals surface area contributed by atoms with Gasteiger partial charge >= 0.3 is 12.4 Å². The first-order valence-electron chi connectivity index (χ1n) is 11.1. The number of nitrogens with one attached hydrogen (secondary N) is 1. The molecule has 3 atom stereocenters. The Balaban J connectivity index is 1.25.